The summed E-state index contributed by atoms with van der Waals surface area (Å²) in [4.78, 5) is 32.4. The van der Waals surface area contributed by atoms with Crippen LogP contribution in [0.4, 0.5) is 35.1 Å². The fraction of sp³-hybridized carbons (Fsp3) is 0.567. The number of fused-ring (bicyclic) bond motifs is 4. The Kier molecular flexibility index (Phi) is 7.38. The molecule has 1 aromatic heterocycles. The SMILES string of the molecule is CC(C)(O)CN1C(=O)[C@@H]2C[C@@H]2[C@H]1C(=O)N1CCC2(S(=O)(=O)c3cccc(F)c3)c3cnc(C(F)(C(F)(F)F)C(F)(F)F)cc3CCC12. The standard InChI is InChI=1S/C30H29F8N3O5S/c1-26(2,44)14-41-23(18-12-19(18)24(41)42)25(43)40-9-8-27(47(45,46)17-5-3-4-16(31)11-17)20-13-39-21(10-15(20)6-7-22(27)40)28(32,29(33,34)35)30(36,37)38/h3-5,10-11,13,18-19,22-23,44H,6-9,12,14H2,1-2H3/t18-,19+,22?,23-,27?/m0/s1. The average molecular weight is 696 g/mol. The van der Waals surface area contributed by atoms with E-state index in [1.807, 2.05) is 0 Å². The van der Waals surface area contributed by atoms with Crippen molar-refractivity contribution in [2.24, 2.45) is 11.8 Å². The number of carbonyl (C=O) groups is 2. The summed E-state index contributed by atoms with van der Waals surface area (Å²) in [6, 6.07) is 1.80. The van der Waals surface area contributed by atoms with Gasteiger partial charge in [-0.05, 0) is 74.9 Å². The average Bonchev–Trinajstić information content (AvgIpc) is 3.55. The van der Waals surface area contributed by atoms with Crippen molar-refractivity contribution in [1.29, 1.82) is 0 Å². The van der Waals surface area contributed by atoms with Crippen LogP contribution in [0.5, 0.6) is 0 Å². The summed E-state index contributed by atoms with van der Waals surface area (Å²) in [5.74, 6) is -2.76. The maximum atomic E-state index is 15.0. The van der Waals surface area contributed by atoms with Gasteiger partial charge in [-0.1, -0.05) is 6.07 Å². The molecule has 3 fully saturated rings. The van der Waals surface area contributed by atoms with Crippen molar-refractivity contribution in [2.75, 3.05) is 13.1 Å². The predicted molar refractivity (Wildman–Crippen MR) is 146 cm³/mol. The smallest absolute Gasteiger partial charge is 0.389 e. The summed E-state index contributed by atoms with van der Waals surface area (Å²) in [7, 11) is -4.78. The Labute approximate surface area is 263 Å². The van der Waals surface area contributed by atoms with Crippen LogP contribution in [-0.4, -0.2) is 83.2 Å². The summed E-state index contributed by atoms with van der Waals surface area (Å²) < 4.78 is 138. The topological polar surface area (TPSA) is 108 Å². The van der Waals surface area contributed by atoms with Gasteiger partial charge < -0.3 is 14.9 Å². The highest BCUT2D eigenvalue weighted by Gasteiger charge is 2.75. The molecule has 256 valence electrons. The summed E-state index contributed by atoms with van der Waals surface area (Å²) in [6.45, 7) is 2.44. The van der Waals surface area contributed by atoms with Crippen molar-refractivity contribution in [3.63, 3.8) is 0 Å². The molecule has 0 radical (unpaired) electrons. The molecule has 1 N–H and O–H groups in total. The van der Waals surface area contributed by atoms with E-state index < -0.39 is 90.9 Å². The highest BCUT2D eigenvalue weighted by molar-refractivity contribution is 7.92. The van der Waals surface area contributed by atoms with Crippen LogP contribution >= 0.6 is 0 Å². The molecule has 2 aliphatic heterocycles. The molecule has 0 spiro atoms. The van der Waals surface area contributed by atoms with Gasteiger partial charge in [-0.15, -0.1) is 0 Å². The molecule has 2 aromatic rings. The van der Waals surface area contributed by atoms with Crippen LogP contribution in [0.1, 0.15) is 49.9 Å². The number of halogens is 8. The highest BCUT2D eigenvalue weighted by atomic mass is 32.2. The number of alkyl halides is 7. The summed E-state index contributed by atoms with van der Waals surface area (Å²) >= 11 is 0. The largest absolute Gasteiger partial charge is 0.437 e. The van der Waals surface area contributed by atoms with Crippen LogP contribution in [0.3, 0.4) is 0 Å². The van der Waals surface area contributed by atoms with Crippen molar-refractivity contribution in [1.82, 2.24) is 14.8 Å². The minimum absolute atomic E-state index is 0.195. The maximum absolute atomic E-state index is 15.0. The lowest BCUT2D eigenvalue weighted by Gasteiger charge is -2.43. The normalized spacial score (nSPS) is 27.9. The minimum Gasteiger partial charge on any atom is -0.389 e. The van der Waals surface area contributed by atoms with Gasteiger partial charge in [0.15, 0.2) is 9.84 Å². The Bertz CT molecular complexity index is 1740. The molecule has 2 amide bonds. The Hall–Kier alpha value is -3.34. The van der Waals surface area contributed by atoms with Gasteiger partial charge >= 0.3 is 18.0 Å². The Morgan fingerprint density at radius 1 is 1.09 bits per heavy atom. The molecule has 2 saturated heterocycles. The van der Waals surface area contributed by atoms with Crippen molar-refractivity contribution in [3.8, 4) is 0 Å². The second kappa shape index (κ2) is 10.3. The van der Waals surface area contributed by atoms with E-state index in [2.05, 4.69) is 4.98 Å². The molecule has 1 saturated carbocycles. The number of hydrogen-bond donors (Lipinski definition) is 1. The third-order valence-corrected chi connectivity index (χ3v) is 12.3. The van der Waals surface area contributed by atoms with Crippen LogP contribution in [0.15, 0.2) is 41.4 Å². The monoisotopic (exact) mass is 695 g/mol. The lowest BCUT2D eigenvalue weighted by atomic mass is 9.78. The molecule has 6 rings (SSSR count). The Morgan fingerprint density at radius 3 is 2.34 bits per heavy atom. The Morgan fingerprint density at radius 2 is 1.74 bits per heavy atom. The van der Waals surface area contributed by atoms with Gasteiger partial charge in [-0.25, -0.2) is 17.2 Å². The van der Waals surface area contributed by atoms with Crippen LogP contribution < -0.4 is 0 Å². The maximum Gasteiger partial charge on any atom is 0.437 e. The lowest BCUT2D eigenvalue weighted by molar-refractivity contribution is -0.350. The molecule has 17 heteroatoms. The van der Waals surface area contributed by atoms with Gasteiger partial charge in [0.25, 0.3) is 0 Å². The number of hydrogen-bond acceptors (Lipinski definition) is 6. The van der Waals surface area contributed by atoms with Gasteiger partial charge in [-0.2, -0.15) is 26.3 Å². The van der Waals surface area contributed by atoms with Crippen molar-refractivity contribution >= 4 is 21.7 Å². The number of aromatic nitrogens is 1. The van der Waals surface area contributed by atoms with Crippen LogP contribution in [0, 0.1) is 17.7 Å². The number of sulfone groups is 1. The van der Waals surface area contributed by atoms with E-state index in [1.54, 1.807) is 0 Å². The first-order valence-corrected chi connectivity index (χ1v) is 16.2. The lowest BCUT2D eigenvalue weighted by Crippen LogP contribution is -2.57. The molecule has 2 aliphatic carbocycles. The number of nitrogens with zero attached hydrogens (tertiary/aromatic N) is 3. The second-order valence-corrected chi connectivity index (χ2v) is 15.5. The van der Waals surface area contributed by atoms with E-state index in [0.29, 0.717) is 18.7 Å². The molecular weight excluding hydrogens is 666 g/mol. The summed E-state index contributed by atoms with van der Waals surface area (Å²) in [5.41, 5.74) is -9.95. The molecule has 3 heterocycles. The van der Waals surface area contributed by atoms with Gasteiger partial charge in [0.1, 0.15) is 16.6 Å². The van der Waals surface area contributed by atoms with E-state index >= 15 is 4.39 Å². The highest BCUT2D eigenvalue weighted by Crippen LogP contribution is 2.57. The number of likely N-dealkylation sites (tertiary alicyclic amines) is 2. The molecule has 8 nitrogen and oxygen atoms in total. The number of piperidine rings is 1. The summed E-state index contributed by atoms with van der Waals surface area (Å²) in [5, 5.41) is 10.4. The van der Waals surface area contributed by atoms with Crippen molar-refractivity contribution in [2.45, 2.75) is 84.9 Å². The van der Waals surface area contributed by atoms with Gasteiger partial charge in [0.05, 0.1) is 22.2 Å². The molecule has 2 unspecified atom stereocenters. The number of pyridine rings is 1. The van der Waals surface area contributed by atoms with E-state index in [-0.39, 0.29) is 49.0 Å². The van der Waals surface area contributed by atoms with Crippen LogP contribution in [-0.2, 0) is 36.3 Å². The second-order valence-electron chi connectivity index (χ2n) is 13.3. The third kappa shape index (κ3) is 4.84. The molecule has 0 bridgehead atoms. The molecule has 5 atom stereocenters. The van der Waals surface area contributed by atoms with Crippen molar-refractivity contribution < 1.29 is 58.2 Å². The van der Waals surface area contributed by atoms with Crippen molar-refractivity contribution in [3.05, 3.63) is 59.2 Å². The van der Waals surface area contributed by atoms with Crippen LogP contribution in [0.2, 0.25) is 0 Å². The zero-order chi connectivity index (χ0) is 34.7. The van der Waals surface area contributed by atoms with Gasteiger partial charge in [0, 0.05) is 31.1 Å². The fourth-order valence-electron chi connectivity index (χ4n) is 7.66. The number of β-amino-alcohol motifs (C(OH)–C–C–N with tert-alkyl or cyclic N) is 1. The fourth-order valence-corrected chi connectivity index (χ4v) is 10.0. The number of aryl methyl sites for hydroxylation is 1. The minimum atomic E-state index is -6.46. The Balaban J connectivity index is 1.49. The van der Waals surface area contributed by atoms with Gasteiger partial charge in [-0.3, -0.25) is 14.6 Å². The summed E-state index contributed by atoms with van der Waals surface area (Å²) in [6.07, 6.45) is -13.1. The number of amides is 2. The zero-order valence-corrected chi connectivity index (χ0v) is 25.7. The molecule has 47 heavy (non-hydrogen) atoms. The molecule has 1 aromatic carbocycles. The van der Waals surface area contributed by atoms with E-state index in [1.165, 1.54) is 23.6 Å². The van der Waals surface area contributed by atoms with E-state index in [9.17, 15) is 53.8 Å². The third-order valence-electron chi connectivity index (χ3n) is 9.77. The first kappa shape index (κ1) is 33.6. The van der Waals surface area contributed by atoms with E-state index in [0.717, 1.165) is 18.2 Å². The predicted octanol–water partition coefficient (Wildman–Crippen LogP) is 4.34. The first-order chi connectivity index (χ1) is 21.6. The number of carbonyl (C=O) groups excluding carboxylic acids is 2. The first-order valence-electron chi connectivity index (χ1n) is 14.7. The number of benzene rings is 1. The number of aliphatic hydroxyl groups is 1. The molecular formula is C30H29F8N3O5S. The zero-order valence-electron chi connectivity index (χ0n) is 24.9. The quantitative estimate of drug-likeness (QED) is 0.451. The number of rotatable bonds is 6. The molecule has 4 aliphatic rings. The van der Waals surface area contributed by atoms with Gasteiger partial charge in [0.2, 0.25) is 11.8 Å². The van der Waals surface area contributed by atoms with E-state index in [4.69, 9.17) is 0 Å². The van der Waals surface area contributed by atoms with Crippen LogP contribution in [0.25, 0.3) is 0 Å².